The molecule has 0 radical (unpaired) electrons. The number of hydrogen-bond acceptors (Lipinski definition) is 6. The Morgan fingerprint density at radius 3 is 2.35 bits per heavy atom. The molecule has 0 spiro atoms. The molecule has 1 aromatic heterocycles. The molecule has 0 saturated heterocycles. The molecule has 0 aromatic carbocycles. The van der Waals surface area contributed by atoms with Crippen molar-refractivity contribution in [3.63, 3.8) is 0 Å². The number of amides is 1. The molecule has 1 unspecified atom stereocenters. The highest BCUT2D eigenvalue weighted by molar-refractivity contribution is 7.99. The fraction of sp³-hybridized carbons (Fsp3) is 0.650. The van der Waals surface area contributed by atoms with Crippen LogP contribution in [0.1, 0.15) is 46.6 Å². The second-order valence-corrected chi connectivity index (χ2v) is 8.87. The van der Waals surface area contributed by atoms with Crippen LogP contribution in [-0.2, 0) is 14.3 Å². The number of alkyl halides is 3. The fourth-order valence-corrected chi connectivity index (χ4v) is 3.59. The van der Waals surface area contributed by atoms with Crippen LogP contribution in [0.25, 0.3) is 0 Å². The number of alkyl carbamates (subject to hydrolysis) is 1. The molecule has 0 bridgehead atoms. The van der Waals surface area contributed by atoms with Crippen LogP contribution >= 0.6 is 11.8 Å². The van der Waals surface area contributed by atoms with Crippen LogP contribution in [0.5, 0.6) is 0 Å². The first-order chi connectivity index (χ1) is 14.3. The zero-order valence-electron chi connectivity index (χ0n) is 18.0. The van der Waals surface area contributed by atoms with Gasteiger partial charge in [-0.05, 0) is 58.1 Å². The van der Waals surface area contributed by atoms with E-state index in [4.69, 9.17) is 9.47 Å². The van der Waals surface area contributed by atoms with E-state index in [0.29, 0.717) is 10.3 Å². The molecule has 1 rings (SSSR count). The lowest BCUT2D eigenvalue weighted by Gasteiger charge is -2.23. The smallest absolute Gasteiger partial charge is 0.409 e. The SMILES string of the molecule is CCOC(=O)[C@H](CCSCCC(n1ccccc1=O)C(F)(F)F)NC(=O)OC(C)(C)C. The molecule has 2 atom stereocenters. The maximum absolute atomic E-state index is 13.4. The maximum atomic E-state index is 13.4. The summed E-state index contributed by atoms with van der Waals surface area (Å²) in [6, 6.07) is 0.929. The number of carbonyl (C=O) groups is 2. The monoisotopic (exact) mass is 466 g/mol. The number of aromatic nitrogens is 1. The molecule has 0 aliphatic rings. The van der Waals surface area contributed by atoms with Crippen molar-refractivity contribution >= 4 is 23.8 Å². The molecule has 1 aromatic rings. The first kappa shape index (κ1) is 26.9. The van der Waals surface area contributed by atoms with E-state index in [2.05, 4.69) is 5.32 Å². The zero-order valence-corrected chi connectivity index (χ0v) is 18.8. The minimum atomic E-state index is -4.57. The third-order valence-corrected chi connectivity index (χ3v) is 4.96. The average molecular weight is 467 g/mol. The van der Waals surface area contributed by atoms with Gasteiger partial charge in [-0.25, -0.2) is 9.59 Å². The molecule has 1 heterocycles. The van der Waals surface area contributed by atoms with Crippen LogP contribution in [0.4, 0.5) is 18.0 Å². The summed E-state index contributed by atoms with van der Waals surface area (Å²) in [6.45, 7) is 6.78. The average Bonchev–Trinajstić information content (AvgIpc) is 2.62. The van der Waals surface area contributed by atoms with E-state index in [-0.39, 0.29) is 25.2 Å². The number of thioether (sulfide) groups is 1. The summed E-state index contributed by atoms with van der Waals surface area (Å²) in [6.07, 6.45) is -4.38. The molecule has 1 N–H and O–H groups in total. The summed E-state index contributed by atoms with van der Waals surface area (Å²) in [5.41, 5.74) is -1.47. The summed E-state index contributed by atoms with van der Waals surface area (Å²) < 4.78 is 50.9. The third kappa shape index (κ3) is 10.1. The van der Waals surface area contributed by atoms with Crippen LogP contribution in [0, 0.1) is 0 Å². The molecular formula is C20H29F3N2O5S. The van der Waals surface area contributed by atoms with Gasteiger partial charge in [-0.3, -0.25) is 4.79 Å². The normalized spacial score (nSPS) is 13.9. The number of nitrogens with zero attached hydrogens (tertiary/aromatic N) is 1. The lowest BCUT2D eigenvalue weighted by atomic mass is 10.2. The van der Waals surface area contributed by atoms with Gasteiger partial charge >= 0.3 is 18.2 Å². The van der Waals surface area contributed by atoms with E-state index >= 15 is 0 Å². The summed E-state index contributed by atoms with van der Waals surface area (Å²) in [5.74, 6) is -0.237. The Morgan fingerprint density at radius 2 is 1.81 bits per heavy atom. The van der Waals surface area contributed by atoms with Crippen LogP contribution in [0.3, 0.4) is 0 Å². The van der Waals surface area contributed by atoms with Crippen LogP contribution in [-0.4, -0.2) is 52.6 Å². The topological polar surface area (TPSA) is 86.6 Å². The van der Waals surface area contributed by atoms with E-state index in [1.165, 1.54) is 23.9 Å². The second-order valence-electron chi connectivity index (χ2n) is 7.64. The summed E-state index contributed by atoms with van der Waals surface area (Å²) in [7, 11) is 0. The minimum Gasteiger partial charge on any atom is -0.464 e. The Balaban J connectivity index is 2.64. The van der Waals surface area contributed by atoms with Gasteiger partial charge in [0.2, 0.25) is 0 Å². The number of hydrogen-bond donors (Lipinski definition) is 1. The van der Waals surface area contributed by atoms with E-state index in [1.54, 1.807) is 27.7 Å². The summed E-state index contributed by atoms with van der Waals surface area (Å²) in [5, 5.41) is 2.44. The number of halogens is 3. The number of pyridine rings is 1. The maximum Gasteiger partial charge on any atom is 0.409 e. The first-order valence-corrected chi connectivity index (χ1v) is 11.0. The van der Waals surface area contributed by atoms with Gasteiger partial charge in [0.05, 0.1) is 6.61 Å². The van der Waals surface area contributed by atoms with Gasteiger partial charge in [-0.2, -0.15) is 24.9 Å². The molecular weight excluding hydrogens is 437 g/mol. The van der Waals surface area contributed by atoms with Gasteiger partial charge < -0.3 is 19.4 Å². The minimum absolute atomic E-state index is 0.105. The van der Waals surface area contributed by atoms with Crippen LogP contribution < -0.4 is 10.9 Å². The molecule has 1 amide bonds. The molecule has 31 heavy (non-hydrogen) atoms. The van der Waals surface area contributed by atoms with E-state index < -0.39 is 41.5 Å². The predicted molar refractivity (Wildman–Crippen MR) is 112 cm³/mol. The molecule has 176 valence electrons. The molecule has 0 aliphatic carbocycles. The Hall–Kier alpha value is -2.17. The van der Waals surface area contributed by atoms with E-state index in [0.717, 1.165) is 12.3 Å². The predicted octanol–water partition coefficient (Wildman–Crippen LogP) is 3.92. The van der Waals surface area contributed by atoms with Gasteiger partial charge in [0.25, 0.3) is 5.56 Å². The Bertz CT molecular complexity index is 777. The number of ether oxygens (including phenoxy) is 2. The summed E-state index contributed by atoms with van der Waals surface area (Å²) >= 11 is 1.19. The van der Waals surface area contributed by atoms with Crippen LogP contribution in [0.15, 0.2) is 29.2 Å². The lowest BCUT2D eigenvalue weighted by Crippen LogP contribution is -2.44. The second kappa shape index (κ2) is 12.0. The standard InChI is InChI=1S/C20H29F3N2O5S/c1-5-29-17(27)14(24-18(28)30-19(2,3)4)9-12-31-13-10-15(20(21,22)23)25-11-7-6-8-16(25)26/h6-8,11,14-15H,5,9-10,12-13H2,1-4H3,(H,24,28)/t14-,15?/m0/s1. The lowest BCUT2D eigenvalue weighted by molar-refractivity contribution is -0.168. The quantitative estimate of drug-likeness (QED) is 0.416. The van der Waals surface area contributed by atoms with Crippen molar-refractivity contribution in [1.82, 2.24) is 9.88 Å². The van der Waals surface area contributed by atoms with Gasteiger partial charge in [0.15, 0.2) is 0 Å². The van der Waals surface area contributed by atoms with Crippen molar-refractivity contribution in [1.29, 1.82) is 0 Å². The molecule has 11 heteroatoms. The number of rotatable bonds is 10. The Morgan fingerprint density at radius 1 is 1.16 bits per heavy atom. The molecule has 0 aliphatic heterocycles. The van der Waals surface area contributed by atoms with Gasteiger partial charge in [0.1, 0.15) is 17.7 Å². The Kier molecular flexibility index (Phi) is 10.4. The molecule has 0 saturated carbocycles. The largest absolute Gasteiger partial charge is 0.464 e. The van der Waals surface area contributed by atoms with Gasteiger partial charge in [0, 0.05) is 12.3 Å². The van der Waals surface area contributed by atoms with Crippen LogP contribution in [0.2, 0.25) is 0 Å². The van der Waals surface area contributed by atoms with Crippen molar-refractivity contribution in [2.24, 2.45) is 0 Å². The number of carbonyl (C=O) groups excluding carboxylic acids is 2. The van der Waals surface area contributed by atoms with Crippen molar-refractivity contribution in [2.75, 3.05) is 18.1 Å². The molecule has 0 fully saturated rings. The highest BCUT2D eigenvalue weighted by Crippen LogP contribution is 2.33. The highest BCUT2D eigenvalue weighted by Gasteiger charge is 2.40. The summed E-state index contributed by atoms with van der Waals surface area (Å²) in [4.78, 5) is 35.8. The van der Waals surface area contributed by atoms with E-state index in [1.807, 2.05) is 0 Å². The van der Waals surface area contributed by atoms with Crippen molar-refractivity contribution in [3.8, 4) is 0 Å². The van der Waals surface area contributed by atoms with Crippen molar-refractivity contribution < 1.29 is 32.2 Å². The number of nitrogens with one attached hydrogen (secondary N) is 1. The van der Waals surface area contributed by atoms with Crippen molar-refractivity contribution in [2.45, 2.75) is 64.4 Å². The number of esters is 1. The van der Waals surface area contributed by atoms with Crippen molar-refractivity contribution in [3.05, 3.63) is 34.7 Å². The Labute approximate surface area is 183 Å². The zero-order chi connectivity index (χ0) is 23.7. The highest BCUT2D eigenvalue weighted by atomic mass is 32.2. The van der Waals surface area contributed by atoms with Gasteiger partial charge in [-0.1, -0.05) is 6.07 Å². The van der Waals surface area contributed by atoms with Gasteiger partial charge in [-0.15, -0.1) is 0 Å². The fourth-order valence-electron chi connectivity index (χ4n) is 2.60. The van der Waals surface area contributed by atoms with E-state index in [9.17, 15) is 27.6 Å². The molecule has 7 nitrogen and oxygen atoms in total. The third-order valence-electron chi connectivity index (χ3n) is 3.91. The first-order valence-electron chi connectivity index (χ1n) is 9.83.